The molecule has 18 heavy (non-hydrogen) atoms. The van der Waals surface area contributed by atoms with E-state index in [0.29, 0.717) is 0 Å². The van der Waals surface area contributed by atoms with Crippen LogP contribution in [0, 0.1) is 0 Å². The van der Waals surface area contributed by atoms with E-state index in [2.05, 4.69) is 22.5 Å². The molecular weight excluding hydrogens is 226 g/mol. The Bertz CT molecular complexity index is 510. The highest BCUT2D eigenvalue weighted by atomic mass is 16.5. The standard InChI is InChI=1S/C14H17N3O/c1-17-12(6-7-16-17)9-15-10-13-8-11-4-2-3-5-14(11)18-13/h2-7,13,15H,8-10H2,1H3. The number of aryl methyl sites for hydroxylation is 1. The third-order valence-corrected chi connectivity index (χ3v) is 3.31. The van der Waals surface area contributed by atoms with Crippen molar-refractivity contribution in [3.05, 3.63) is 47.8 Å². The van der Waals surface area contributed by atoms with Crippen molar-refractivity contribution in [2.45, 2.75) is 19.1 Å². The Morgan fingerprint density at radius 2 is 2.28 bits per heavy atom. The number of rotatable bonds is 4. The van der Waals surface area contributed by atoms with Crippen molar-refractivity contribution in [1.82, 2.24) is 15.1 Å². The summed E-state index contributed by atoms with van der Waals surface area (Å²) in [6.07, 6.45) is 3.06. The van der Waals surface area contributed by atoms with E-state index in [4.69, 9.17) is 4.74 Å². The largest absolute Gasteiger partial charge is 0.488 e. The zero-order valence-electron chi connectivity index (χ0n) is 10.5. The normalized spacial score (nSPS) is 17.5. The van der Waals surface area contributed by atoms with E-state index >= 15 is 0 Å². The molecule has 3 rings (SSSR count). The first-order valence-corrected chi connectivity index (χ1v) is 6.25. The molecule has 1 aliphatic rings. The lowest BCUT2D eigenvalue weighted by molar-refractivity contribution is 0.227. The molecule has 1 aliphatic heterocycles. The summed E-state index contributed by atoms with van der Waals surface area (Å²) in [4.78, 5) is 0. The molecule has 1 atom stereocenters. The smallest absolute Gasteiger partial charge is 0.123 e. The minimum atomic E-state index is 0.246. The van der Waals surface area contributed by atoms with Gasteiger partial charge in [-0.3, -0.25) is 4.68 Å². The van der Waals surface area contributed by atoms with Gasteiger partial charge in [0.2, 0.25) is 0 Å². The van der Waals surface area contributed by atoms with Gasteiger partial charge in [0, 0.05) is 32.8 Å². The number of nitrogens with one attached hydrogen (secondary N) is 1. The summed E-state index contributed by atoms with van der Waals surface area (Å²) in [6, 6.07) is 10.3. The minimum Gasteiger partial charge on any atom is -0.488 e. The highest BCUT2D eigenvalue weighted by Gasteiger charge is 2.21. The van der Waals surface area contributed by atoms with E-state index in [-0.39, 0.29) is 6.10 Å². The van der Waals surface area contributed by atoms with Gasteiger partial charge in [-0.1, -0.05) is 18.2 Å². The van der Waals surface area contributed by atoms with E-state index in [1.165, 1.54) is 11.3 Å². The van der Waals surface area contributed by atoms with Crippen LogP contribution in [0.4, 0.5) is 0 Å². The van der Waals surface area contributed by atoms with Crippen molar-refractivity contribution < 1.29 is 4.74 Å². The lowest BCUT2D eigenvalue weighted by Gasteiger charge is -2.11. The van der Waals surface area contributed by atoms with Gasteiger partial charge >= 0.3 is 0 Å². The third kappa shape index (κ3) is 2.24. The Hall–Kier alpha value is -1.81. The highest BCUT2D eigenvalue weighted by Crippen LogP contribution is 2.27. The van der Waals surface area contributed by atoms with E-state index < -0.39 is 0 Å². The molecule has 0 radical (unpaired) electrons. The molecule has 1 unspecified atom stereocenters. The van der Waals surface area contributed by atoms with Gasteiger partial charge < -0.3 is 10.1 Å². The molecule has 0 amide bonds. The maximum atomic E-state index is 5.87. The van der Waals surface area contributed by atoms with E-state index in [1.807, 2.05) is 36.1 Å². The van der Waals surface area contributed by atoms with Crippen molar-refractivity contribution in [2.75, 3.05) is 6.54 Å². The molecular formula is C14H17N3O. The SMILES string of the molecule is Cn1nccc1CNCC1Cc2ccccc2O1. The first kappa shape index (κ1) is 11.3. The van der Waals surface area contributed by atoms with Crippen LogP contribution in [0.15, 0.2) is 36.5 Å². The molecule has 4 heteroatoms. The van der Waals surface area contributed by atoms with Crippen LogP contribution in [-0.4, -0.2) is 22.4 Å². The average molecular weight is 243 g/mol. The van der Waals surface area contributed by atoms with Gasteiger partial charge in [0.1, 0.15) is 11.9 Å². The predicted octanol–water partition coefficient (Wildman–Crippen LogP) is 1.51. The Labute approximate surface area is 107 Å². The number of hydrogen-bond acceptors (Lipinski definition) is 3. The molecule has 2 heterocycles. The second-order valence-electron chi connectivity index (χ2n) is 4.63. The molecule has 4 nitrogen and oxygen atoms in total. The van der Waals surface area contributed by atoms with Crippen LogP contribution in [0.3, 0.4) is 0 Å². The lowest BCUT2D eigenvalue weighted by Crippen LogP contribution is -2.30. The fourth-order valence-electron chi connectivity index (χ4n) is 2.30. The van der Waals surface area contributed by atoms with E-state index in [0.717, 1.165) is 25.3 Å². The third-order valence-electron chi connectivity index (χ3n) is 3.31. The number of aromatic nitrogens is 2. The van der Waals surface area contributed by atoms with Crippen LogP contribution in [0.5, 0.6) is 5.75 Å². The molecule has 0 saturated heterocycles. The van der Waals surface area contributed by atoms with Gasteiger partial charge in [-0.25, -0.2) is 0 Å². The number of fused-ring (bicyclic) bond motifs is 1. The Morgan fingerprint density at radius 1 is 1.39 bits per heavy atom. The van der Waals surface area contributed by atoms with Crippen LogP contribution in [0.1, 0.15) is 11.3 Å². The summed E-state index contributed by atoms with van der Waals surface area (Å²) in [5.41, 5.74) is 2.50. The first-order valence-electron chi connectivity index (χ1n) is 6.25. The molecule has 0 aliphatic carbocycles. The summed E-state index contributed by atoms with van der Waals surface area (Å²) >= 11 is 0. The summed E-state index contributed by atoms with van der Waals surface area (Å²) < 4.78 is 7.76. The summed E-state index contributed by atoms with van der Waals surface area (Å²) in [6.45, 7) is 1.69. The van der Waals surface area contributed by atoms with E-state index in [1.54, 1.807) is 0 Å². The summed E-state index contributed by atoms with van der Waals surface area (Å²) in [5, 5.41) is 7.56. The predicted molar refractivity (Wildman–Crippen MR) is 69.5 cm³/mol. The fourth-order valence-corrected chi connectivity index (χ4v) is 2.30. The minimum absolute atomic E-state index is 0.246. The van der Waals surface area contributed by atoms with Crippen molar-refractivity contribution >= 4 is 0 Å². The Balaban J connectivity index is 1.50. The number of para-hydroxylation sites is 1. The highest BCUT2D eigenvalue weighted by molar-refractivity contribution is 5.37. The Morgan fingerprint density at radius 3 is 3.06 bits per heavy atom. The lowest BCUT2D eigenvalue weighted by atomic mass is 10.1. The second-order valence-corrected chi connectivity index (χ2v) is 4.63. The molecule has 1 aromatic carbocycles. The first-order chi connectivity index (χ1) is 8.83. The van der Waals surface area contributed by atoms with Gasteiger partial charge in [0.15, 0.2) is 0 Å². The van der Waals surface area contributed by atoms with Crippen molar-refractivity contribution in [2.24, 2.45) is 7.05 Å². The average Bonchev–Trinajstić information content (AvgIpc) is 2.96. The topological polar surface area (TPSA) is 39.1 Å². The molecule has 1 aromatic heterocycles. The van der Waals surface area contributed by atoms with Gasteiger partial charge in [0.05, 0.1) is 5.69 Å². The zero-order chi connectivity index (χ0) is 12.4. The van der Waals surface area contributed by atoms with Crippen LogP contribution >= 0.6 is 0 Å². The number of nitrogens with zero attached hydrogens (tertiary/aromatic N) is 2. The maximum Gasteiger partial charge on any atom is 0.123 e. The molecule has 0 fully saturated rings. The monoisotopic (exact) mass is 243 g/mol. The van der Waals surface area contributed by atoms with Gasteiger partial charge in [-0.05, 0) is 17.7 Å². The summed E-state index contributed by atoms with van der Waals surface area (Å²) in [5.74, 6) is 1.03. The van der Waals surface area contributed by atoms with Gasteiger partial charge in [-0.15, -0.1) is 0 Å². The van der Waals surface area contributed by atoms with Crippen LogP contribution in [0.25, 0.3) is 0 Å². The zero-order valence-corrected chi connectivity index (χ0v) is 10.5. The van der Waals surface area contributed by atoms with Crippen LogP contribution in [0.2, 0.25) is 0 Å². The second kappa shape index (κ2) is 4.82. The fraction of sp³-hybridized carbons (Fsp3) is 0.357. The van der Waals surface area contributed by atoms with Crippen molar-refractivity contribution in [1.29, 1.82) is 0 Å². The molecule has 94 valence electrons. The van der Waals surface area contributed by atoms with E-state index in [9.17, 15) is 0 Å². The summed E-state index contributed by atoms with van der Waals surface area (Å²) in [7, 11) is 1.96. The van der Waals surface area contributed by atoms with Gasteiger partial charge in [0.25, 0.3) is 0 Å². The Kier molecular flexibility index (Phi) is 3.02. The quantitative estimate of drug-likeness (QED) is 0.884. The van der Waals surface area contributed by atoms with Crippen molar-refractivity contribution in [3.63, 3.8) is 0 Å². The molecule has 0 spiro atoms. The molecule has 1 N–H and O–H groups in total. The van der Waals surface area contributed by atoms with Crippen LogP contribution < -0.4 is 10.1 Å². The number of ether oxygens (including phenoxy) is 1. The molecule has 0 bridgehead atoms. The molecule has 0 saturated carbocycles. The van der Waals surface area contributed by atoms with Crippen molar-refractivity contribution in [3.8, 4) is 5.75 Å². The molecule has 2 aromatic rings. The number of hydrogen-bond donors (Lipinski definition) is 1. The maximum absolute atomic E-state index is 5.87. The number of benzene rings is 1. The van der Waals surface area contributed by atoms with Gasteiger partial charge in [-0.2, -0.15) is 5.10 Å². The van der Waals surface area contributed by atoms with Crippen LogP contribution in [-0.2, 0) is 20.0 Å².